The Morgan fingerprint density at radius 2 is 1.90 bits per heavy atom. The number of hydrogen-bond donors (Lipinski definition) is 1. The molecule has 20 heavy (non-hydrogen) atoms. The van der Waals surface area contributed by atoms with Crippen molar-refractivity contribution in [3.05, 3.63) is 17.9 Å². The van der Waals surface area contributed by atoms with Crippen LogP contribution in [0.25, 0.3) is 0 Å². The molecule has 1 rings (SSSR count). The van der Waals surface area contributed by atoms with Crippen molar-refractivity contribution in [2.24, 2.45) is 11.7 Å². The molecule has 0 radical (unpaired) electrons. The molecule has 0 aromatic carbocycles. The molecular formula is C13H25N3O3S. The van der Waals surface area contributed by atoms with Gasteiger partial charge in [-0.25, -0.2) is 8.42 Å². The van der Waals surface area contributed by atoms with Gasteiger partial charge in [0.15, 0.2) is 0 Å². The summed E-state index contributed by atoms with van der Waals surface area (Å²) in [6, 6.07) is 3.08. The number of nitrogens with zero attached hydrogens (tertiary/aromatic N) is 2. The van der Waals surface area contributed by atoms with E-state index in [4.69, 9.17) is 10.2 Å². The van der Waals surface area contributed by atoms with Gasteiger partial charge in [-0.15, -0.1) is 0 Å². The van der Waals surface area contributed by atoms with E-state index in [1.807, 2.05) is 32.8 Å². The molecule has 0 fully saturated rings. The summed E-state index contributed by atoms with van der Waals surface area (Å²) in [5.41, 5.74) is 5.45. The lowest BCUT2D eigenvalue weighted by Crippen LogP contribution is -2.38. The maximum Gasteiger partial charge on any atom is 0.276 e. The van der Waals surface area contributed by atoms with Crippen LogP contribution < -0.4 is 5.73 Å². The van der Waals surface area contributed by atoms with E-state index in [9.17, 15) is 8.42 Å². The molecule has 0 spiro atoms. The fraction of sp³-hybridized carbons (Fsp3) is 0.692. The first-order chi connectivity index (χ1) is 9.27. The molecule has 7 heteroatoms. The van der Waals surface area contributed by atoms with Crippen molar-refractivity contribution >= 4 is 10.0 Å². The number of furan rings is 1. The minimum atomic E-state index is -3.60. The van der Waals surface area contributed by atoms with Gasteiger partial charge in [-0.05, 0) is 32.1 Å². The first-order valence-corrected chi connectivity index (χ1v) is 8.15. The second-order valence-electron chi connectivity index (χ2n) is 5.49. The summed E-state index contributed by atoms with van der Waals surface area (Å²) in [5, 5.41) is -0.0302. The van der Waals surface area contributed by atoms with Crippen LogP contribution in [0.2, 0.25) is 0 Å². The van der Waals surface area contributed by atoms with Crippen molar-refractivity contribution in [3.8, 4) is 0 Å². The van der Waals surface area contributed by atoms with Crippen molar-refractivity contribution < 1.29 is 12.8 Å². The van der Waals surface area contributed by atoms with Crippen LogP contribution in [0.3, 0.4) is 0 Å². The van der Waals surface area contributed by atoms with Crippen LogP contribution in [0, 0.1) is 5.92 Å². The van der Waals surface area contributed by atoms with E-state index in [0.717, 1.165) is 0 Å². The highest BCUT2D eigenvalue weighted by atomic mass is 32.2. The number of sulfonamides is 1. The van der Waals surface area contributed by atoms with E-state index in [1.165, 1.54) is 10.4 Å². The van der Waals surface area contributed by atoms with Crippen molar-refractivity contribution in [1.82, 2.24) is 9.21 Å². The van der Waals surface area contributed by atoms with Crippen LogP contribution in [0.5, 0.6) is 0 Å². The van der Waals surface area contributed by atoms with Gasteiger partial charge in [-0.2, -0.15) is 4.31 Å². The molecule has 2 N–H and O–H groups in total. The normalized spacial score (nSPS) is 12.8. The SMILES string of the molecule is CC(C)CN(CCN(C)C)S(=O)(=O)c1ccc(CN)o1. The quantitative estimate of drug-likeness (QED) is 0.773. The number of likely N-dealkylation sites (N-methyl/N-ethyl adjacent to an activating group) is 1. The molecule has 0 saturated heterocycles. The average Bonchev–Trinajstić information content (AvgIpc) is 2.83. The van der Waals surface area contributed by atoms with E-state index in [-0.39, 0.29) is 17.6 Å². The van der Waals surface area contributed by atoms with Gasteiger partial charge in [0.2, 0.25) is 5.09 Å². The van der Waals surface area contributed by atoms with E-state index < -0.39 is 10.0 Å². The Kier molecular flexibility index (Phi) is 6.19. The van der Waals surface area contributed by atoms with Gasteiger partial charge in [0.25, 0.3) is 10.0 Å². The molecule has 0 unspecified atom stereocenters. The Labute approximate surface area is 121 Å². The molecule has 0 saturated carbocycles. The van der Waals surface area contributed by atoms with Crippen molar-refractivity contribution in [2.75, 3.05) is 33.7 Å². The minimum Gasteiger partial charge on any atom is -0.447 e. The third kappa shape index (κ3) is 4.59. The lowest BCUT2D eigenvalue weighted by molar-refractivity contribution is 0.303. The lowest BCUT2D eigenvalue weighted by Gasteiger charge is -2.24. The van der Waals surface area contributed by atoms with Crippen LogP contribution in [0.4, 0.5) is 0 Å². The lowest BCUT2D eigenvalue weighted by atomic mass is 10.2. The summed E-state index contributed by atoms with van der Waals surface area (Å²) in [6.45, 7) is 5.74. The zero-order valence-electron chi connectivity index (χ0n) is 12.7. The van der Waals surface area contributed by atoms with Gasteiger partial charge in [-0.1, -0.05) is 13.8 Å². The molecule has 6 nitrogen and oxygen atoms in total. The topological polar surface area (TPSA) is 79.8 Å². The van der Waals surface area contributed by atoms with Gasteiger partial charge in [-0.3, -0.25) is 0 Å². The Morgan fingerprint density at radius 3 is 2.35 bits per heavy atom. The Balaban J connectivity index is 2.96. The fourth-order valence-electron chi connectivity index (χ4n) is 1.76. The van der Waals surface area contributed by atoms with E-state index in [1.54, 1.807) is 6.07 Å². The minimum absolute atomic E-state index is 0.0302. The van der Waals surface area contributed by atoms with E-state index in [2.05, 4.69) is 0 Å². The third-order valence-corrected chi connectivity index (χ3v) is 4.54. The monoisotopic (exact) mass is 303 g/mol. The summed E-state index contributed by atoms with van der Waals surface area (Å²) in [5.74, 6) is 0.719. The molecule has 116 valence electrons. The largest absolute Gasteiger partial charge is 0.447 e. The molecule has 0 aliphatic carbocycles. The van der Waals surface area contributed by atoms with Gasteiger partial charge in [0.05, 0.1) is 6.54 Å². The molecule has 0 aliphatic heterocycles. The van der Waals surface area contributed by atoms with Gasteiger partial charge in [0, 0.05) is 19.6 Å². The Bertz CT molecular complexity index is 509. The summed E-state index contributed by atoms with van der Waals surface area (Å²) in [7, 11) is 0.236. The second-order valence-corrected chi connectivity index (χ2v) is 7.35. The summed E-state index contributed by atoms with van der Waals surface area (Å²) in [6.07, 6.45) is 0. The molecule has 0 aliphatic rings. The molecule has 0 atom stereocenters. The molecule has 0 amide bonds. The number of nitrogens with two attached hydrogens (primary N) is 1. The predicted octanol–water partition coefficient (Wildman–Crippen LogP) is 0.947. The van der Waals surface area contributed by atoms with Crippen LogP contribution in [-0.2, 0) is 16.6 Å². The highest BCUT2D eigenvalue weighted by Gasteiger charge is 2.28. The van der Waals surface area contributed by atoms with E-state index in [0.29, 0.717) is 25.4 Å². The van der Waals surface area contributed by atoms with Crippen molar-refractivity contribution in [3.63, 3.8) is 0 Å². The molecular weight excluding hydrogens is 278 g/mol. The van der Waals surface area contributed by atoms with Crippen LogP contribution in [-0.4, -0.2) is 51.4 Å². The van der Waals surface area contributed by atoms with E-state index >= 15 is 0 Å². The highest BCUT2D eigenvalue weighted by Crippen LogP contribution is 2.19. The van der Waals surface area contributed by atoms with Crippen LogP contribution >= 0.6 is 0 Å². The zero-order chi connectivity index (χ0) is 15.3. The first-order valence-electron chi connectivity index (χ1n) is 6.71. The maximum absolute atomic E-state index is 12.6. The molecule has 0 bridgehead atoms. The van der Waals surface area contributed by atoms with Crippen molar-refractivity contribution in [2.45, 2.75) is 25.5 Å². The number of hydrogen-bond acceptors (Lipinski definition) is 5. The molecule has 1 heterocycles. The summed E-state index contributed by atoms with van der Waals surface area (Å²) in [4.78, 5) is 1.95. The van der Waals surface area contributed by atoms with Gasteiger partial charge in [0.1, 0.15) is 5.76 Å². The zero-order valence-corrected chi connectivity index (χ0v) is 13.5. The average molecular weight is 303 g/mol. The summed E-state index contributed by atoms with van der Waals surface area (Å²) < 4.78 is 31.9. The van der Waals surface area contributed by atoms with Crippen LogP contribution in [0.1, 0.15) is 19.6 Å². The van der Waals surface area contributed by atoms with Gasteiger partial charge >= 0.3 is 0 Å². The molecule has 1 aromatic heterocycles. The number of rotatable bonds is 8. The van der Waals surface area contributed by atoms with Gasteiger partial charge < -0.3 is 15.1 Å². The summed E-state index contributed by atoms with van der Waals surface area (Å²) >= 11 is 0. The third-order valence-electron chi connectivity index (χ3n) is 2.80. The molecule has 1 aromatic rings. The first kappa shape index (κ1) is 17.2. The highest BCUT2D eigenvalue weighted by molar-refractivity contribution is 7.89. The van der Waals surface area contributed by atoms with Crippen molar-refractivity contribution in [1.29, 1.82) is 0 Å². The predicted molar refractivity (Wildman–Crippen MR) is 78.8 cm³/mol. The Hall–Kier alpha value is -0.890. The maximum atomic E-state index is 12.6. The fourth-order valence-corrected chi connectivity index (χ4v) is 3.29. The smallest absolute Gasteiger partial charge is 0.276 e. The standard InChI is InChI=1S/C13H25N3O3S/c1-11(2)10-16(8-7-15(3)4)20(17,18)13-6-5-12(9-14)19-13/h5-6,11H,7-10,14H2,1-4H3. The second kappa shape index (κ2) is 7.21. The Morgan fingerprint density at radius 1 is 1.25 bits per heavy atom. The van der Waals surface area contributed by atoms with Crippen LogP contribution in [0.15, 0.2) is 21.6 Å².